The van der Waals surface area contributed by atoms with Crippen LogP contribution in [0.15, 0.2) is 0 Å². The van der Waals surface area contributed by atoms with Crippen LogP contribution < -0.4 is 4.90 Å². The molecule has 0 bridgehead atoms. The minimum Gasteiger partial charge on any atom is -0.444 e. The Morgan fingerprint density at radius 2 is 1.79 bits per heavy atom. The topological polar surface area (TPSA) is 89.8 Å². The molecule has 0 radical (unpaired) electrons. The molecule has 0 aromatic carbocycles. The molecule has 1 saturated heterocycles. The molecule has 0 N–H and O–H groups in total. The Bertz CT molecular complexity index is 1160. The fourth-order valence-electron chi connectivity index (χ4n) is 5.64. The molecule has 3 heterocycles. The summed E-state index contributed by atoms with van der Waals surface area (Å²) in [5, 5.41) is 10.2. The molecule has 38 heavy (non-hydrogen) atoms. The fraction of sp³-hybridized carbons (Fsp3) is 0.704. The molecule has 11 heteroatoms. The number of anilines is 1. The van der Waals surface area contributed by atoms with Gasteiger partial charge in [-0.3, -0.25) is 4.79 Å². The minimum absolute atomic E-state index is 0.170. The van der Waals surface area contributed by atoms with Crippen LogP contribution in [0.5, 0.6) is 0 Å². The number of hydrogen-bond donors (Lipinski definition) is 0. The number of hydrogen-bond acceptors (Lipinski definition) is 6. The van der Waals surface area contributed by atoms with E-state index in [1.807, 2.05) is 25.7 Å². The molecule has 1 aromatic heterocycles. The second-order valence-corrected chi connectivity index (χ2v) is 11.9. The second kappa shape index (κ2) is 9.62. The molecule has 5 rings (SSSR count). The van der Waals surface area contributed by atoms with E-state index in [0.29, 0.717) is 44.0 Å². The smallest absolute Gasteiger partial charge is 0.410 e. The number of alkyl halides is 3. The quantitative estimate of drug-likeness (QED) is 0.566. The highest BCUT2D eigenvalue weighted by molar-refractivity contribution is 5.78. The van der Waals surface area contributed by atoms with Gasteiger partial charge in [0.15, 0.2) is 0 Å². The number of nitrogens with zero attached hydrogens (tertiary/aromatic N) is 5. The largest absolute Gasteiger partial charge is 0.444 e. The number of rotatable bonds is 4. The van der Waals surface area contributed by atoms with Crippen LogP contribution in [0.1, 0.15) is 81.2 Å². The molecule has 2 aliphatic heterocycles. The number of carbonyl (C=O) groups excluding carboxylic acids is 2. The van der Waals surface area contributed by atoms with E-state index in [0.717, 1.165) is 42.5 Å². The zero-order valence-electron chi connectivity index (χ0n) is 22.1. The molecule has 1 atom stereocenters. The van der Waals surface area contributed by atoms with Crippen molar-refractivity contribution in [2.24, 2.45) is 5.92 Å². The van der Waals surface area contributed by atoms with Crippen molar-refractivity contribution in [2.75, 3.05) is 31.1 Å². The van der Waals surface area contributed by atoms with Crippen LogP contribution in [0.4, 0.5) is 23.8 Å². The molecule has 2 aliphatic carbocycles. The predicted octanol–water partition coefficient (Wildman–Crippen LogP) is 4.50. The molecular weight excluding hydrogens is 499 g/mol. The highest BCUT2D eigenvalue weighted by atomic mass is 19.4. The van der Waals surface area contributed by atoms with E-state index in [-0.39, 0.29) is 30.5 Å². The van der Waals surface area contributed by atoms with Gasteiger partial charge in [0.2, 0.25) is 5.91 Å². The van der Waals surface area contributed by atoms with Gasteiger partial charge in [-0.2, -0.15) is 18.4 Å². The highest BCUT2D eigenvalue weighted by Gasteiger charge is 2.45. The molecule has 0 unspecified atom stereocenters. The lowest BCUT2D eigenvalue weighted by atomic mass is 9.92. The fourth-order valence-corrected chi connectivity index (χ4v) is 5.64. The SMILES string of the molecule is CC(C)(C)OC(=O)N1CCc2c(C#N)c(N3CCN(C(=O)CC(F)(F)F)[C@H](C4CC4)C3)nc(C3CC3)c2C1. The lowest BCUT2D eigenvalue weighted by Crippen LogP contribution is -2.57. The van der Waals surface area contributed by atoms with Crippen molar-refractivity contribution in [2.45, 2.75) is 89.6 Å². The summed E-state index contributed by atoms with van der Waals surface area (Å²) < 4.78 is 44.4. The Hall–Kier alpha value is -3.03. The van der Waals surface area contributed by atoms with E-state index < -0.39 is 24.1 Å². The zero-order valence-corrected chi connectivity index (χ0v) is 22.1. The first kappa shape index (κ1) is 26.6. The monoisotopic (exact) mass is 533 g/mol. The summed E-state index contributed by atoms with van der Waals surface area (Å²) in [5.41, 5.74) is 2.58. The zero-order chi connectivity index (χ0) is 27.4. The molecule has 1 aromatic rings. The third kappa shape index (κ3) is 5.69. The number of pyridine rings is 1. The van der Waals surface area contributed by atoms with Crippen molar-refractivity contribution in [3.05, 3.63) is 22.4 Å². The molecule has 206 valence electrons. The molecule has 2 amide bonds. The summed E-state index contributed by atoms with van der Waals surface area (Å²) in [6.45, 7) is 7.09. The molecule has 3 fully saturated rings. The van der Waals surface area contributed by atoms with Crippen molar-refractivity contribution >= 4 is 17.8 Å². The number of carbonyl (C=O) groups is 2. The van der Waals surface area contributed by atoms with Crippen LogP contribution in [0, 0.1) is 17.2 Å². The van der Waals surface area contributed by atoms with E-state index in [4.69, 9.17) is 9.72 Å². The molecule has 8 nitrogen and oxygen atoms in total. The number of aromatic nitrogens is 1. The maximum atomic E-state index is 13.0. The van der Waals surface area contributed by atoms with Crippen LogP contribution in [0.2, 0.25) is 0 Å². The van der Waals surface area contributed by atoms with Gasteiger partial charge in [-0.1, -0.05) is 0 Å². The molecule has 2 saturated carbocycles. The van der Waals surface area contributed by atoms with Gasteiger partial charge in [0.25, 0.3) is 0 Å². The maximum Gasteiger partial charge on any atom is 0.410 e. The maximum absolute atomic E-state index is 13.0. The van der Waals surface area contributed by atoms with Gasteiger partial charge < -0.3 is 19.4 Å². The highest BCUT2D eigenvalue weighted by Crippen LogP contribution is 2.45. The van der Waals surface area contributed by atoms with Gasteiger partial charge in [-0.05, 0) is 69.9 Å². The average Bonchev–Trinajstić information content (AvgIpc) is 3.73. The second-order valence-electron chi connectivity index (χ2n) is 11.9. The van der Waals surface area contributed by atoms with E-state index in [1.165, 1.54) is 4.90 Å². The van der Waals surface area contributed by atoms with Crippen LogP contribution in [-0.4, -0.2) is 70.8 Å². The van der Waals surface area contributed by atoms with Crippen LogP contribution in [0.25, 0.3) is 0 Å². The number of fused-ring (bicyclic) bond motifs is 1. The minimum atomic E-state index is -4.54. The lowest BCUT2D eigenvalue weighted by molar-refractivity contribution is -0.163. The molecular formula is C27H34F3N5O3. The third-order valence-electron chi connectivity index (χ3n) is 7.69. The van der Waals surface area contributed by atoms with Crippen LogP contribution in [0.3, 0.4) is 0 Å². The first-order valence-electron chi connectivity index (χ1n) is 13.4. The van der Waals surface area contributed by atoms with Gasteiger partial charge in [0, 0.05) is 32.1 Å². The number of piperazine rings is 1. The number of nitriles is 1. The summed E-state index contributed by atoms with van der Waals surface area (Å²) in [4.78, 5) is 35.3. The van der Waals surface area contributed by atoms with Gasteiger partial charge in [0.1, 0.15) is 23.9 Å². The van der Waals surface area contributed by atoms with Gasteiger partial charge in [-0.25, -0.2) is 9.78 Å². The van der Waals surface area contributed by atoms with E-state index in [2.05, 4.69) is 6.07 Å². The first-order valence-corrected chi connectivity index (χ1v) is 13.4. The standard InChI is InChI=1S/C27H34F3N5O3/c1-26(2,3)38-25(37)34-9-8-18-19(13-31)24(32-23(17-6-7-17)20(18)14-34)33-10-11-35(21(15-33)16-4-5-16)22(36)12-27(28,29)30/h16-17,21H,4-12,14-15H2,1-3H3/t21-/m0/s1. The van der Waals surface area contributed by atoms with Crippen molar-refractivity contribution in [1.82, 2.24) is 14.8 Å². The Morgan fingerprint density at radius 3 is 2.37 bits per heavy atom. The van der Waals surface area contributed by atoms with Crippen LogP contribution >= 0.6 is 0 Å². The lowest BCUT2D eigenvalue weighted by Gasteiger charge is -2.43. The van der Waals surface area contributed by atoms with E-state index >= 15 is 0 Å². The number of amides is 2. The van der Waals surface area contributed by atoms with Crippen LogP contribution in [-0.2, 0) is 22.5 Å². The summed E-state index contributed by atoms with van der Waals surface area (Å²) >= 11 is 0. The molecule has 0 spiro atoms. The van der Waals surface area contributed by atoms with Crippen molar-refractivity contribution < 1.29 is 27.5 Å². The predicted molar refractivity (Wildman–Crippen MR) is 132 cm³/mol. The number of ether oxygens (including phenoxy) is 1. The van der Waals surface area contributed by atoms with Gasteiger partial charge in [0.05, 0.1) is 23.8 Å². The summed E-state index contributed by atoms with van der Waals surface area (Å²) in [6, 6.07) is 2.02. The Labute approximate surface area is 220 Å². The average molecular weight is 534 g/mol. The first-order chi connectivity index (χ1) is 17.8. The summed E-state index contributed by atoms with van der Waals surface area (Å²) in [7, 11) is 0. The van der Waals surface area contributed by atoms with E-state index in [9.17, 15) is 28.0 Å². The Morgan fingerprint density at radius 1 is 1.08 bits per heavy atom. The summed E-state index contributed by atoms with van der Waals surface area (Å²) in [5.74, 6) is 0.118. The normalized spacial score (nSPS) is 22.1. The van der Waals surface area contributed by atoms with Crippen molar-refractivity contribution in [1.29, 1.82) is 5.26 Å². The Kier molecular flexibility index (Phi) is 6.72. The summed E-state index contributed by atoms with van der Waals surface area (Å²) in [6.07, 6.45) is -2.14. The van der Waals surface area contributed by atoms with Gasteiger partial charge in [-0.15, -0.1) is 0 Å². The van der Waals surface area contributed by atoms with Crippen molar-refractivity contribution in [3.8, 4) is 6.07 Å². The van der Waals surface area contributed by atoms with E-state index in [1.54, 1.807) is 4.90 Å². The van der Waals surface area contributed by atoms with Crippen molar-refractivity contribution in [3.63, 3.8) is 0 Å². The third-order valence-corrected chi connectivity index (χ3v) is 7.69. The van der Waals surface area contributed by atoms with Gasteiger partial charge >= 0.3 is 12.3 Å². The molecule has 4 aliphatic rings. The number of halogens is 3. The Balaban J connectivity index is 1.43.